The molecule has 6 heteroatoms. The molecule has 2 rings (SSSR count). The number of H-pyrrole nitrogens is 1. The van der Waals surface area contributed by atoms with Crippen LogP contribution in [-0.2, 0) is 9.59 Å². The van der Waals surface area contributed by atoms with E-state index in [0.717, 1.165) is 0 Å². The minimum Gasteiger partial charge on any atom is -0.481 e. The number of aromatic nitrogens is 1. The highest BCUT2D eigenvalue weighted by molar-refractivity contribution is 5.72. The van der Waals surface area contributed by atoms with Gasteiger partial charge in [0.25, 0.3) is 0 Å². The number of rotatable bonds is 2. The average molecular weight is 267 g/mol. The summed E-state index contributed by atoms with van der Waals surface area (Å²) in [7, 11) is 0. The summed E-state index contributed by atoms with van der Waals surface area (Å²) in [6.45, 7) is 0. The van der Waals surface area contributed by atoms with Crippen LogP contribution in [0, 0.1) is 11.8 Å². The number of aromatic amines is 1. The van der Waals surface area contributed by atoms with Crippen molar-refractivity contribution >= 4 is 11.9 Å². The van der Waals surface area contributed by atoms with Gasteiger partial charge in [-0.05, 0) is 25.7 Å². The van der Waals surface area contributed by atoms with Crippen LogP contribution >= 0.6 is 0 Å². The average Bonchev–Trinajstić information content (AvgIpc) is 2.40. The molecular formula is C13H17NO5. The van der Waals surface area contributed by atoms with Gasteiger partial charge in [0, 0.05) is 24.5 Å². The van der Waals surface area contributed by atoms with Crippen LogP contribution in [-0.4, -0.2) is 27.1 Å². The Morgan fingerprint density at radius 1 is 0.947 bits per heavy atom. The lowest BCUT2D eigenvalue weighted by atomic mass is 9.82. The van der Waals surface area contributed by atoms with Gasteiger partial charge in [-0.15, -0.1) is 0 Å². The summed E-state index contributed by atoms with van der Waals surface area (Å²) < 4.78 is 0. The van der Waals surface area contributed by atoms with E-state index < -0.39 is 11.9 Å². The Kier molecular flexibility index (Phi) is 5.78. The molecule has 0 unspecified atom stereocenters. The van der Waals surface area contributed by atoms with Crippen molar-refractivity contribution in [2.24, 2.45) is 11.8 Å². The first kappa shape index (κ1) is 14.9. The highest BCUT2D eigenvalue weighted by Gasteiger charge is 2.29. The fraction of sp³-hybridized carbons (Fsp3) is 0.462. The topological polar surface area (TPSA) is 107 Å². The normalized spacial score (nSPS) is 21.9. The summed E-state index contributed by atoms with van der Waals surface area (Å²) >= 11 is 0. The number of carboxylic acid groups (broad SMARTS) is 2. The van der Waals surface area contributed by atoms with Gasteiger partial charge in [0.2, 0.25) is 0 Å². The van der Waals surface area contributed by atoms with Gasteiger partial charge < -0.3 is 15.2 Å². The minimum atomic E-state index is -0.793. The summed E-state index contributed by atoms with van der Waals surface area (Å²) in [5, 5.41) is 17.2. The zero-order chi connectivity index (χ0) is 14.3. The summed E-state index contributed by atoms with van der Waals surface area (Å²) in [5.41, 5.74) is 0.0405. The Labute approximate surface area is 110 Å². The largest absolute Gasteiger partial charge is 0.481 e. The van der Waals surface area contributed by atoms with Crippen molar-refractivity contribution in [3.05, 3.63) is 34.7 Å². The molecule has 0 atom stereocenters. The predicted molar refractivity (Wildman–Crippen MR) is 67.8 cm³/mol. The van der Waals surface area contributed by atoms with Gasteiger partial charge >= 0.3 is 11.9 Å². The van der Waals surface area contributed by atoms with E-state index in [0.29, 0.717) is 25.7 Å². The van der Waals surface area contributed by atoms with E-state index >= 15 is 0 Å². The van der Waals surface area contributed by atoms with Crippen molar-refractivity contribution in [3.8, 4) is 0 Å². The van der Waals surface area contributed by atoms with Crippen LogP contribution in [0.4, 0.5) is 0 Å². The molecule has 1 aromatic rings. The third kappa shape index (κ3) is 5.37. The first-order valence-electron chi connectivity index (χ1n) is 6.09. The monoisotopic (exact) mass is 267 g/mol. The van der Waals surface area contributed by atoms with E-state index in [2.05, 4.69) is 4.98 Å². The molecule has 1 aromatic heterocycles. The maximum atomic E-state index is 10.5. The van der Waals surface area contributed by atoms with Gasteiger partial charge in [-0.1, -0.05) is 0 Å². The van der Waals surface area contributed by atoms with Crippen LogP contribution in [0.3, 0.4) is 0 Å². The molecule has 1 fully saturated rings. The van der Waals surface area contributed by atoms with Gasteiger partial charge in [0.1, 0.15) is 0 Å². The molecule has 1 aliphatic carbocycles. The van der Waals surface area contributed by atoms with Gasteiger partial charge in [-0.3, -0.25) is 14.4 Å². The summed E-state index contributed by atoms with van der Waals surface area (Å²) in [4.78, 5) is 33.9. The summed E-state index contributed by atoms with van der Waals surface area (Å²) in [5.74, 6) is -2.22. The fourth-order valence-electron chi connectivity index (χ4n) is 1.96. The van der Waals surface area contributed by atoms with E-state index in [4.69, 9.17) is 10.2 Å². The molecule has 0 bridgehead atoms. The molecule has 19 heavy (non-hydrogen) atoms. The van der Waals surface area contributed by atoms with Crippen molar-refractivity contribution < 1.29 is 19.8 Å². The molecule has 0 aliphatic heterocycles. The zero-order valence-corrected chi connectivity index (χ0v) is 10.4. The molecule has 0 spiro atoms. The van der Waals surface area contributed by atoms with Gasteiger partial charge in [-0.25, -0.2) is 0 Å². The minimum absolute atomic E-state index is 0.0405. The molecule has 0 aromatic carbocycles. The molecule has 1 aliphatic rings. The molecule has 1 heterocycles. The van der Waals surface area contributed by atoms with Crippen LogP contribution in [0.25, 0.3) is 0 Å². The quantitative estimate of drug-likeness (QED) is 0.749. The SMILES string of the molecule is O=C(O)C1CCC(C(=O)O)CC1.O=c1cc[nH]cc1. The number of hydrogen-bond donors (Lipinski definition) is 3. The van der Waals surface area contributed by atoms with Crippen LogP contribution < -0.4 is 5.43 Å². The van der Waals surface area contributed by atoms with Crippen molar-refractivity contribution in [2.75, 3.05) is 0 Å². The second kappa shape index (κ2) is 7.35. The Bertz CT molecular complexity index is 434. The van der Waals surface area contributed by atoms with Crippen molar-refractivity contribution in [1.82, 2.24) is 4.98 Å². The molecule has 104 valence electrons. The lowest BCUT2D eigenvalue weighted by molar-refractivity contribution is -0.148. The number of carboxylic acids is 2. The Balaban J connectivity index is 0.000000218. The van der Waals surface area contributed by atoms with E-state index in [1.54, 1.807) is 12.4 Å². The Morgan fingerprint density at radius 2 is 1.32 bits per heavy atom. The number of carbonyl (C=O) groups is 2. The second-order valence-electron chi connectivity index (χ2n) is 4.46. The molecule has 3 N–H and O–H groups in total. The third-order valence-electron chi connectivity index (χ3n) is 3.11. The summed E-state index contributed by atoms with van der Waals surface area (Å²) in [6, 6.07) is 2.94. The third-order valence-corrected chi connectivity index (χ3v) is 3.11. The molecule has 0 amide bonds. The lowest BCUT2D eigenvalue weighted by Gasteiger charge is -2.22. The highest BCUT2D eigenvalue weighted by atomic mass is 16.4. The number of nitrogens with one attached hydrogen (secondary N) is 1. The fourth-order valence-corrected chi connectivity index (χ4v) is 1.96. The Morgan fingerprint density at radius 3 is 1.53 bits per heavy atom. The summed E-state index contributed by atoms with van der Waals surface area (Å²) in [6.07, 6.45) is 5.22. The maximum absolute atomic E-state index is 10.5. The van der Waals surface area contributed by atoms with Crippen LogP contribution in [0.15, 0.2) is 29.3 Å². The van der Waals surface area contributed by atoms with Gasteiger partial charge in [-0.2, -0.15) is 0 Å². The van der Waals surface area contributed by atoms with Crippen molar-refractivity contribution in [2.45, 2.75) is 25.7 Å². The standard InChI is InChI=1S/C8H12O4.C5H5NO/c9-7(10)5-1-2-6(4-3-5)8(11)12;7-5-1-3-6-4-2-5/h5-6H,1-4H2,(H,9,10)(H,11,12);1-4H,(H,6,7). The molecular weight excluding hydrogens is 250 g/mol. The molecule has 1 saturated carbocycles. The number of aliphatic carboxylic acids is 2. The van der Waals surface area contributed by atoms with Crippen LogP contribution in [0.2, 0.25) is 0 Å². The number of hydrogen-bond acceptors (Lipinski definition) is 3. The Hall–Kier alpha value is -2.11. The first-order valence-corrected chi connectivity index (χ1v) is 6.09. The maximum Gasteiger partial charge on any atom is 0.306 e. The smallest absolute Gasteiger partial charge is 0.306 e. The van der Waals surface area contributed by atoms with Gasteiger partial charge in [0.05, 0.1) is 11.8 Å². The second-order valence-corrected chi connectivity index (χ2v) is 4.46. The van der Waals surface area contributed by atoms with Crippen molar-refractivity contribution in [1.29, 1.82) is 0 Å². The highest BCUT2D eigenvalue weighted by Crippen LogP contribution is 2.28. The predicted octanol–water partition coefficient (Wildman–Crippen LogP) is 1.34. The molecule has 0 radical (unpaired) electrons. The van der Waals surface area contributed by atoms with Crippen LogP contribution in [0.1, 0.15) is 25.7 Å². The van der Waals surface area contributed by atoms with E-state index in [9.17, 15) is 14.4 Å². The molecule has 6 nitrogen and oxygen atoms in total. The van der Waals surface area contributed by atoms with Crippen molar-refractivity contribution in [3.63, 3.8) is 0 Å². The van der Waals surface area contributed by atoms with Gasteiger partial charge in [0.15, 0.2) is 5.43 Å². The van der Waals surface area contributed by atoms with Crippen LogP contribution in [0.5, 0.6) is 0 Å². The zero-order valence-electron chi connectivity index (χ0n) is 10.4. The number of pyridine rings is 1. The molecule has 0 saturated heterocycles. The van der Waals surface area contributed by atoms with E-state index in [1.807, 2.05) is 0 Å². The first-order chi connectivity index (χ1) is 9.00. The lowest BCUT2D eigenvalue weighted by Crippen LogP contribution is -2.25. The van der Waals surface area contributed by atoms with E-state index in [-0.39, 0.29) is 17.3 Å². The van der Waals surface area contributed by atoms with E-state index in [1.165, 1.54) is 12.1 Å².